The molecule has 0 bridgehead atoms. The molecule has 0 heterocycles. The summed E-state index contributed by atoms with van der Waals surface area (Å²) in [5.41, 5.74) is 2.52. The highest BCUT2D eigenvalue weighted by atomic mass is 16.6. The highest BCUT2D eigenvalue weighted by molar-refractivity contribution is 5.73. The first-order chi connectivity index (χ1) is 8.41. The maximum absolute atomic E-state index is 10.8. The molecule has 0 saturated carbocycles. The van der Waals surface area contributed by atoms with Crippen LogP contribution in [0.4, 0.5) is 5.69 Å². The van der Waals surface area contributed by atoms with Crippen LogP contribution in [0.15, 0.2) is 18.2 Å². The number of aryl methyl sites for hydroxylation is 2. The Bertz CT molecular complexity index is 507. The van der Waals surface area contributed by atoms with Crippen molar-refractivity contribution in [2.75, 3.05) is 6.54 Å². The van der Waals surface area contributed by atoms with Gasteiger partial charge in [-0.2, -0.15) is 0 Å². The van der Waals surface area contributed by atoms with E-state index in [1.54, 1.807) is 31.2 Å². The van der Waals surface area contributed by atoms with E-state index in [4.69, 9.17) is 0 Å². The van der Waals surface area contributed by atoms with Gasteiger partial charge in [-0.15, -0.1) is 0 Å². The van der Waals surface area contributed by atoms with Crippen molar-refractivity contribution in [1.29, 1.82) is 0 Å². The molecule has 0 aliphatic rings. The van der Waals surface area contributed by atoms with Gasteiger partial charge >= 0.3 is 0 Å². The Kier molecular flexibility index (Phi) is 4.59. The van der Waals surface area contributed by atoms with Gasteiger partial charge in [0.1, 0.15) is 0 Å². The summed E-state index contributed by atoms with van der Waals surface area (Å²) in [5.74, 6) is -0.105. The van der Waals surface area contributed by atoms with Crippen LogP contribution in [-0.4, -0.2) is 17.4 Å². The summed E-state index contributed by atoms with van der Waals surface area (Å²) in [5, 5.41) is 13.5. The van der Waals surface area contributed by atoms with E-state index in [2.05, 4.69) is 5.32 Å². The molecule has 0 atom stereocenters. The number of carbonyl (C=O) groups is 1. The number of carbonyl (C=O) groups excluding carboxylic acids is 1. The maximum Gasteiger partial charge on any atom is 0.272 e. The Balaban J connectivity index is 2.92. The minimum absolute atomic E-state index is 0.105. The smallest absolute Gasteiger partial charge is 0.272 e. The summed E-state index contributed by atoms with van der Waals surface area (Å²) in [7, 11) is 0. The number of nitro groups is 1. The van der Waals surface area contributed by atoms with Crippen LogP contribution in [0.2, 0.25) is 0 Å². The molecular weight excluding hydrogens is 232 g/mol. The predicted molar refractivity (Wildman–Crippen MR) is 70.3 cm³/mol. The molecule has 1 aromatic rings. The van der Waals surface area contributed by atoms with E-state index in [9.17, 15) is 14.9 Å². The predicted octanol–water partition coefficient (Wildman–Crippen LogP) is 2.36. The molecule has 96 valence electrons. The first-order valence-electron chi connectivity index (χ1n) is 5.58. The zero-order valence-corrected chi connectivity index (χ0v) is 10.7. The molecular formula is C13H16N2O3. The highest BCUT2D eigenvalue weighted by Crippen LogP contribution is 2.23. The minimum Gasteiger partial charge on any atom is -0.353 e. The number of hydrogen-bond donors (Lipinski definition) is 1. The van der Waals surface area contributed by atoms with Crippen LogP contribution < -0.4 is 5.32 Å². The van der Waals surface area contributed by atoms with Crippen LogP contribution >= 0.6 is 0 Å². The first-order valence-corrected chi connectivity index (χ1v) is 5.58. The van der Waals surface area contributed by atoms with Gasteiger partial charge in [-0.1, -0.05) is 12.2 Å². The molecule has 1 rings (SSSR count). The lowest BCUT2D eigenvalue weighted by Crippen LogP contribution is -2.19. The normalized spacial score (nSPS) is 10.6. The van der Waals surface area contributed by atoms with Gasteiger partial charge in [0.05, 0.1) is 4.92 Å². The van der Waals surface area contributed by atoms with Crippen molar-refractivity contribution in [3.8, 4) is 0 Å². The molecule has 1 N–H and O–H groups in total. The lowest BCUT2D eigenvalue weighted by atomic mass is 10.0. The van der Waals surface area contributed by atoms with Gasteiger partial charge in [0.15, 0.2) is 0 Å². The van der Waals surface area contributed by atoms with Gasteiger partial charge < -0.3 is 5.32 Å². The largest absolute Gasteiger partial charge is 0.353 e. The van der Waals surface area contributed by atoms with Gasteiger partial charge in [0.25, 0.3) is 5.69 Å². The average molecular weight is 248 g/mol. The fourth-order valence-electron chi connectivity index (χ4n) is 1.62. The lowest BCUT2D eigenvalue weighted by Gasteiger charge is -2.04. The Morgan fingerprint density at radius 1 is 1.39 bits per heavy atom. The molecule has 0 unspecified atom stereocenters. The van der Waals surface area contributed by atoms with Gasteiger partial charge in [0.2, 0.25) is 5.91 Å². The fourth-order valence-corrected chi connectivity index (χ4v) is 1.62. The number of nitro benzene ring substituents is 1. The van der Waals surface area contributed by atoms with Gasteiger partial charge in [-0.3, -0.25) is 14.9 Å². The molecule has 0 spiro atoms. The molecule has 0 aliphatic carbocycles. The summed E-state index contributed by atoms with van der Waals surface area (Å²) in [6.45, 7) is 5.47. The summed E-state index contributed by atoms with van der Waals surface area (Å²) in [6.07, 6.45) is 3.54. The second-order valence-corrected chi connectivity index (χ2v) is 4.09. The molecule has 0 aromatic heterocycles. The second kappa shape index (κ2) is 5.95. The van der Waals surface area contributed by atoms with E-state index in [1.165, 1.54) is 6.92 Å². The SMILES string of the molecule is CC(=O)NCC=Cc1cc([N+](=O)[O-])c(C)cc1C. The zero-order valence-electron chi connectivity index (χ0n) is 10.7. The number of nitrogens with zero attached hydrogens (tertiary/aromatic N) is 1. The summed E-state index contributed by atoms with van der Waals surface area (Å²) in [6, 6.07) is 3.34. The molecule has 1 aromatic carbocycles. The lowest BCUT2D eigenvalue weighted by molar-refractivity contribution is -0.385. The van der Waals surface area contributed by atoms with Crippen molar-refractivity contribution in [1.82, 2.24) is 5.32 Å². The highest BCUT2D eigenvalue weighted by Gasteiger charge is 2.11. The van der Waals surface area contributed by atoms with Crippen LogP contribution in [0.1, 0.15) is 23.6 Å². The van der Waals surface area contributed by atoms with Crippen molar-refractivity contribution in [3.63, 3.8) is 0 Å². The van der Waals surface area contributed by atoms with Crippen molar-refractivity contribution in [2.24, 2.45) is 0 Å². The van der Waals surface area contributed by atoms with Crippen molar-refractivity contribution in [2.45, 2.75) is 20.8 Å². The summed E-state index contributed by atoms with van der Waals surface area (Å²) < 4.78 is 0. The van der Waals surface area contributed by atoms with Gasteiger partial charge in [0, 0.05) is 25.1 Å². The van der Waals surface area contributed by atoms with Crippen molar-refractivity contribution in [3.05, 3.63) is 45.0 Å². The maximum atomic E-state index is 10.8. The monoisotopic (exact) mass is 248 g/mol. The Labute approximate surface area is 106 Å². The van der Waals surface area contributed by atoms with Crippen LogP contribution in [0.3, 0.4) is 0 Å². The van der Waals surface area contributed by atoms with Crippen LogP contribution in [0, 0.1) is 24.0 Å². The number of benzene rings is 1. The summed E-state index contributed by atoms with van der Waals surface area (Å²) in [4.78, 5) is 21.1. The van der Waals surface area contributed by atoms with Gasteiger partial charge in [-0.25, -0.2) is 0 Å². The molecule has 0 saturated heterocycles. The number of hydrogen-bond acceptors (Lipinski definition) is 3. The fraction of sp³-hybridized carbons (Fsp3) is 0.308. The van der Waals surface area contributed by atoms with E-state index in [1.807, 2.05) is 6.92 Å². The molecule has 5 nitrogen and oxygen atoms in total. The van der Waals surface area contributed by atoms with E-state index >= 15 is 0 Å². The molecule has 18 heavy (non-hydrogen) atoms. The molecule has 0 radical (unpaired) electrons. The third kappa shape index (κ3) is 3.69. The first kappa shape index (κ1) is 13.9. The molecule has 0 aliphatic heterocycles. The van der Waals surface area contributed by atoms with Crippen LogP contribution in [-0.2, 0) is 4.79 Å². The van der Waals surface area contributed by atoms with Crippen LogP contribution in [0.25, 0.3) is 6.08 Å². The topological polar surface area (TPSA) is 72.2 Å². The Hall–Kier alpha value is -2.17. The third-order valence-electron chi connectivity index (χ3n) is 2.55. The van der Waals surface area contributed by atoms with Crippen molar-refractivity contribution >= 4 is 17.7 Å². The number of amides is 1. The van der Waals surface area contributed by atoms with Gasteiger partial charge in [-0.05, 0) is 31.0 Å². The quantitative estimate of drug-likeness (QED) is 0.656. The van der Waals surface area contributed by atoms with E-state index < -0.39 is 0 Å². The zero-order chi connectivity index (χ0) is 13.7. The van der Waals surface area contributed by atoms with E-state index in [0.29, 0.717) is 12.1 Å². The number of rotatable bonds is 4. The molecule has 1 amide bonds. The third-order valence-corrected chi connectivity index (χ3v) is 2.55. The molecule has 5 heteroatoms. The second-order valence-electron chi connectivity index (χ2n) is 4.09. The Morgan fingerprint density at radius 2 is 2.06 bits per heavy atom. The Morgan fingerprint density at radius 3 is 2.61 bits per heavy atom. The van der Waals surface area contributed by atoms with Crippen molar-refractivity contribution < 1.29 is 9.72 Å². The molecule has 0 fully saturated rings. The van der Waals surface area contributed by atoms with E-state index in [-0.39, 0.29) is 16.5 Å². The minimum atomic E-state index is -0.389. The number of nitrogens with one attached hydrogen (secondary N) is 1. The average Bonchev–Trinajstić information content (AvgIpc) is 2.25. The van der Waals surface area contributed by atoms with E-state index in [0.717, 1.165) is 11.1 Å². The standard InChI is InChI=1S/C13H16N2O3/c1-9-7-10(2)13(15(17)18)8-12(9)5-4-6-14-11(3)16/h4-5,7-8H,6H2,1-3H3,(H,14,16). The summed E-state index contributed by atoms with van der Waals surface area (Å²) >= 11 is 0. The van der Waals surface area contributed by atoms with Crippen LogP contribution in [0.5, 0.6) is 0 Å².